The third kappa shape index (κ3) is 1.80. The molecule has 0 fully saturated rings. The number of rotatable bonds is 1. The normalized spacial score (nSPS) is 10.6. The topological polar surface area (TPSA) is 64.7 Å². The lowest BCUT2D eigenvalue weighted by Gasteiger charge is -2.02. The van der Waals surface area contributed by atoms with Gasteiger partial charge in [-0.05, 0) is 12.1 Å². The number of fused-ring (bicyclic) bond motifs is 1. The van der Waals surface area contributed by atoms with Gasteiger partial charge < -0.3 is 5.73 Å². The monoisotopic (exact) mass is 222 g/mol. The number of hydrogen-bond acceptors (Lipinski definition) is 4. The lowest BCUT2D eigenvalue weighted by molar-refractivity contribution is 1.22. The summed E-state index contributed by atoms with van der Waals surface area (Å²) in [7, 11) is 0. The van der Waals surface area contributed by atoms with Crippen molar-refractivity contribution < 1.29 is 0 Å². The first-order valence-electron chi connectivity index (χ1n) is 5.25. The first kappa shape index (κ1) is 9.72. The Morgan fingerprint density at radius 2 is 2.00 bits per heavy atom. The molecule has 0 unspecified atom stereocenters. The van der Waals surface area contributed by atoms with Crippen molar-refractivity contribution in [3.05, 3.63) is 48.9 Å². The zero-order valence-electron chi connectivity index (χ0n) is 9.04. The molecular formula is C13H10N4. The van der Waals surface area contributed by atoms with Crippen molar-refractivity contribution in [3.8, 4) is 11.3 Å². The molecule has 3 rings (SSSR count). The number of anilines is 1. The van der Waals surface area contributed by atoms with E-state index >= 15 is 0 Å². The van der Waals surface area contributed by atoms with Crippen LogP contribution in [0.15, 0.2) is 48.9 Å². The van der Waals surface area contributed by atoms with E-state index in [0.717, 1.165) is 22.2 Å². The van der Waals surface area contributed by atoms with Crippen LogP contribution >= 0.6 is 0 Å². The molecule has 17 heavy (non-hydrogen) atoms. The molecule has 0 saturated carbocycles. The van der Waals surface area contributed by atoms with Crippen LogP contribution in [0.2, 0.25) is 0 Å². The molecule has 0 aliphatic carbocycles. The summed E-state index contributed by atoms with van der Waals surface area (Å²) in [6.07, 6.45) is 5.00. The van der Waals surface area contributed by atoms with E-state index in [9.17, 15) is 0 Å². The highest BCUT2D eigenvalue weighted by molar-refractivity contribution is 5.83. The van der Waals surface area contributed by atoms with Gasteiger partial charge in [-0.25, -0.2) is 4.98 Å². The maximum atomic E-state index is 5.62. The highest BCUT2D eigenvalue weighted by Crippen LogP contribution is 2.21. The average Bonchev–Trinajstić information content (AvgIpc) is 2.38. The summed E-state index contributed by atoms with van der Waals surface area (Å²) in [5, 5.41) is 1.10. The zero-order chi connectivity index (χ0) is 11.7. The Morgan fingerprint density at radius 3 is 2.88 bits per heavy atom. The van der Waals surface area contributed by atoms with E-state index in [1.807, 2.05) is 30.3 Å². The van der Waals surface area contributed by atoms with Crippen LogP contribution in [0.4, 0.5) is 5.82 Å². The number of nitrogens with zero attached hydrogens (tertiary/aromatic N) is 3. The predicted molar refractivity (Wildman–Crippen MR) is 67.2 cm³/mol. The fourth-order valence-corrected chi connectivity index (χ4v) is 1.75. The maximum absolute atomic E-state index is 5.62. The van der Waals surface area contributed by atoms with Gasteiger partial charge in [-0.15, -0.1) is 0 Å². The molecule has 2 aromatic heterocycles. The second-order valence-electron chi connectivity index (χ2n) is 3.74. The van der Waals surface area contributed by atoms with Crippen LogP contribution in [0.25, 0.3) is 22.2 Å². The predicted octanol–water partition coefficient (Wildman–Crippen LogP) is 2.27. The molecule has 82 valence electrons. The van der Waals surface area contributed by atoms with Crippen molar-refractivity contribution in [2.45, 2.75) is 0 Å². The van der Waals surface area contributed by atoms with Gasteiger partial charge in [0.05, 0.1) is 23.6 Å². The van der Waals surface area contributed by atoms with Crippen molar-refractivity contribution in [1.29, 1.82) is 0 Å². The number of hydrogen-bond donors (Lipinski definition) is 1. The third-order valence-corrected chi connectivity index (χ3v) is 2.55. The first-order chi connectivity index (χ1) is 8.33. The molecular weight excluding hydrogens is 212 g/mol. The smallest absolute Gasteiger partial charge is 0.142 e. The minimum absolute atomic E-state index is 0.420. The van der Waals surface area contributed by atoms with E-state index in [1.54, 1.807) is 12.4 Å². The van der Waals surface area contributed by atoms with Crippen molar-refractivity contribution in [2.75, 3.05) is 5.73 Å². The third-order valence-electron chi connectivity index (χ3n) is 2.55. The molecule has 2 N–H and O–H groups in total. The molecule has 2 heterocycles. The Hall–Kier alpha value is -2.49. The van der Waals surface area contributed by atoms with Crippen molar-refractivity contribution in [3.63, 3.8) is 0 Å². The van der Waals surface area contributed by atoms with Gasteiger partial charge >= 0.3 is 0 Å². The Kier molecular flexibility index (Phi) is 2.19. The molecule has 4 nitrogen and oxygen atoms in total. The molecule has 0 radical (unpaired) electrons. The highest BCUT2D eigenvalue weighted by atomic mass is 14.9. The summed E-state index contributed by atoms with van der Waals surface area (Å²) < 4.78 is 0. The van der Waals surface area contributed by atoms with Crippen molar-refractivity contribution in [1.82, 2.24) is 15.0 Å². The van der Waals surface area contributed by atoms with Crippen LogP contribution in [0.3, 0.4) is 0 Å². The van der Waals surface area contributed by atoms with Gasteiger partial charge in [0, 0.05) is 17.1 Å². The first-order valence-corrected chi connectivity index (χ1v) is 5.25. The van der Waals surface area contributed by atoms with Gasteiger partial charge in [0.15, 0.2) is 0 Å². The van der Waals surface area contributed by atoms with E-state index in [4.69, 9.17) is 5.73 Å². The van der Waals surface area contributed by atoms with E-state index in [2.05, 4.69) is 15.0 Å². The summed E-state index contributed by atoms with van der Waals surface area (Å²) in [4.78, 5) is 12.6. The molecule has 0 aliphatic heterocycles. The van der Waals surface area contributed by atoms with E-state index in [0.29, 0.717) is 5.82 Å². The molecule has 1 aromatic carbocycles. The maximum Gasteiger partial charge on any atom is 0.142 e. The lowest BCUT2D eigenvalue weighted by atomic mass is 10.1. The van der Waals surface area contributed by atoms with Gasteiger partial charge in [0.25, 0.3) is 0 Å². The fourth-order valence-electron chi connectivity index (χ4n) is 1.75. The molecule has 0 saturated heterocycles. The van der Waals surface area contributed by atoms with E-state index in [1.165, 1.54) is 6.20 Å². The number of aromatic nitrogens is 3. The van der Waals surface area contributed by atoms with Gasteiger partial charge in [0.1, 0.15) is 5.82 Å². The van der Waals surface area contributed by atoms with Crippen LogP contribution in [0.1, 0.15) is 0 Å². The van der Waals surface area contributed by atoms with Crippen LogP contribution in [0, 0.1) is 0 Å². The highest BCUT2D eigenvalue weighted by Gasteiger charge is 2.02. The molecule has 0 aliphatic rings. The summed E-state index contributed by atoms with van der Waals surface area (Å²) in [5.74, 6) is 0.420. The molecule has 0 atom stereocenters. The summed E-state index contributed by atoms with van der Waals surface area (Å²) in [5.41, 5.74) is 8.29. The van der Waals surface area contributed by atoms with E-state index in [-0.39, 0.29) is 0 Å². The van der Waals surface area contributed by atoms with Crippen LogP contribution in [-0.2, 0) is 0 Å². The summed E-state index contributed by atoms with van der Waals surface area (Å²) in [6, 6.07) is 9.94. The number of nitrogens with two attached hydrogens (primary N) is 1. The fraction of sp³-hybridized carbons (Fsp3) is 0. The molecule has 0 amide bonds. The Labute approximate surface area is 98.2 Å². The second kappa shape index (κ2) is 3.83. The Balaban J connectivity index is 2.18. The molecule has 3 aromatic rings. The van der Waals surface area contributed by atoms with E-state index < -0.39 is 0 Å². The lowest BCUT2D eigenvalue weighted by Crippen LogP contribution is -1.93. The zero-order valence-corrected chi connectivity index (χ0v) is 9.04. The average molecular weight is 222 g/mol. The minimum Gasteiger partial charge on any atom is -0.382 e. The summed E-state index contributed by atoms with van der Waals surface area (Å²) >= 11 is 0. The molecule has 0 spiro atoms. The Bertz CT molecular complexity index is 679. The van der Waals surface area contributed by atoms with Gasteiger partial charge in [-0.3, -0.25) is 9.97 Å². The SMILES string of the molecule is Nc1cncc(-c2ccc3cccnc3c2)n1. The minimum atomic E-state index is 0.420. The van der Waals surface area contributed by atoms with Crippen molar-refractivity contribution >= 4 is 16.7 Å². The summed E-state index contributed by atoms with van der Waals surface area (Å²) in [6.45, 7) is 0. The largest absolute Gasteiger partial charge is 0.382 e. The van der Waals surface area contributed by atoms with Crippen LogP contribution in [-0.4, -0.2) is 15.0 Å². The van der Waals surface area contributed by atoms with Gasteiger partial charge in [0.2, 0.25) is 0 Å². The molecule has 4 heteroatoms. The van der Waals surface area contributed by atoms with Gasteiger partial charge in [-0.1, -0.05) is 18.2 Å². The Morgan fingerprint density at radius 1 is 1.06 bits per heavy atom. The number of nitrogen functional groups attached to an aromatic ring is 1. The molecule has 0 bridgehead atoms. The van der Waals surface area contributed by atoms with Crippen LogP contribution in [0.5, 0.6) is 0 Å². The number of benzene rings is 1. The number of pyridine rings is 1. The van der Waals surface area contributed by atoms with Gasteiger partial charge in [-0.2, -0.15) is 0 Å². The quantitative estimate of drug-likeness (QED) is 0.686. The second-order valence-corrected chi connectivity index (χ2v) is 3.74. The van der Waals surface area contributed by atoms with Crippen molar-refractivity contribution in [2.24, 2.45) is 0 Å². The van der Waals surface area contributed by atoms with Crippen LogP contribution < -0.4 is 5.73 Å². The standard InChI is InChI=1S/C13H10N4/c14-13-8-15-7-12(17-13)10-4-3-9-2-1-5-16-11(9)6-10/h1-8H,(H2,14,17).